The molecule has 6 nitrogen and oxygen atoms in total. The summed E-state index contributed by atoms with van der Waals surface area (Å²) in [4.78, 5) is 24.0. The van der Waals surface area contributed by atoms with Crippen molar-refractivity contribution in [3.8, 4) is 11.8 Å². The lowest BCUT2D eigenvalue weighted by Crippen LogP contribution is -2.25. The minimum Gasteiger partial charge on any atom is -0.377 e. The third-order valence-electron chi connectivity index (χ3n) is 3.49. The Balaban J connectivity index is 1.88. The molecule has 0 spiro atoms. The average molecular weight is 337 g/mol. The molecule has 128 valence electrons. The van der Waals surface area contributed by atoms with Crippen molar-refractivity contribution in [1.29, 1.82) is 0 Å². The van der Waals surface area contributed by atoms with Crippen LogP contribution in [0, 0.1) is 22.0 Å². The lowest BCUT2D eigenvalue weighted by atomic mass is 10.1. The zero-order chi connectivity index (χ0) is 18.2. The van der Waals surface area contributed by atoms with E-state index in [9.17, 15) is 14.9 Å². The first-order valence-corrected chi connectivity index (χ1v) is 7.72. The van der Waals surface area contributed by atoms with Gasteiger partial charge >= 0.3 is 0 Å². The first-order chi connectivity index (χ1) is 12.0. The molecule has 2 rings (SSSR count). The second-order valence-corrected chi connectivity index (χ2v) is 5.59. The van der Waals surface area contributed by atoms with E-state index in [1.54, 1.807) is 12.1 Å². The number of rotatable bonds is 5. The Morgan fingerprint density at radius 2 is 1.84 bits per heavy atom. The molecule has 25 heavy (non-hydrogen) atoms. The molecule has 6 heteroatoms. The molecule has 0 heterocycles. The topological polar surface area (TPSA) is 75.5 Å². The Kier molecular flexibility index (Phi) is 6.13. The molecular formula is C19H19N3O3. The highest BCUT2D eigenvalue weighted by molar-refractivity contribution is 5.78. The number of para-hydroxylation sites is 1. The molecule has 1 N–H and O–H groups in total. The number of nitrogens with one attached hydrogen (secondary N) is 1. The molecule has 0 aliphatic heterocycles. The Labute approximate surface area is 146 Å². The minimum absolute atomic E-state index is 0.00887. The van der Waals surface area contributed by atoms with Crippen molar-refractivity contribution in [3.63, 3.8) is 0 Å². The Bertz CT molecular complexity index is 818. The van der Waals surface area contributed by atoms with E-state index in [-0.39, 0.29) is 24.6 Å². The number of nitro groups is 1. The summed E-state index contributed by atoms with van der Waals surface area (Å²) >= 11 is 0. The summed E-state index contributed by atoms with van der Waals surface area (Å²) in [6.45, 7) is 0.244. The van der Waals surface area contributed by atoms with E-state index in [2.05, 4.69) is 17.2 Å². The fraction of sp³-hybridized carbons (Fsp3) is 0.211. The quantitative estimate of drug-likeness (QED) is 0.516. The Hall–Kier alpha value is -3.33. The van der Waals surface area contributed by atoms with Crippen molar-refractivity contribution in [2.24, 2.45) is 0 Å². The van der Waals surface area contributed by atoms with E-state index in [4.69, 9.17) is 0 Å². The second-order valence-electron chi connectivity index (χ2n) is 5.59. The zero-order valence-corrected chi connectivity index (χ0v) is 14.2. The maximum atomic E-state index is 11.9. The van der Waals surface area contributed by atoms with Gasteiger partial charge in [0, 0.05) is 31.8 Å². The van der Waals surface area contributed by atoms with E-state index >= 15 is 0 Å². The molecule has 0 fully saturated rings. The van der Waals surface area contributed by atoms with Crippen molar-refractivity contribution in [1.82, 2.24) is 5.32 Å². The van der Waals surface area contributed by atoms with Crippen molar-refractivity contribution < 1.29 is 9.72 Å². The van der Waals surface area contributed by atoms with Crippen LogP contribution in [-0.4, -0.2) is 31.5 Å². The molecule has 0 saturated carbocycles. The number of hydrogen-bond acceptors (Lipinski definition) is 4. The van der Waals surface area contributed by atoms with E-state index < -0.39 is 4.92 Å². The van der Waals surface area contributed by atoms with E-state index in [0.717, 1.165) is 11.3 Å². The number of benzene rings is 2. The number of non-ortho nitro benzene ring substituents is 1. The normalized spacial score (nSPS) is 9.68. The van der Waals surface area contributed by atoms with Crippen LogP contribution < -0.4 is 10.2 Å². The second kappa shape index (κ2) is 8.50. The van der Waals surface area contributed by atoms with Crippen LogP contribution in [0.1, 0.15) is 11.1 Å². The number of hydrogen-bond donors (Lipinski definition) is 1. The minimum atomic E-state index is -0.467. The average Bonchev–Trinajstić information content (AvgIpc) is 2.59. The molecule has 0 aromatic heterocycles. The van der Waals surface area contributed by atoms with Gasteiger partial charge in [-0.05, 0) is 17.7 Å². The maximum Gasteiger partial charge on any atom is 0.269 e. The molecule has 0 aliphatic carbocycles. The molecule has 0 saturated heterocycles. The highest BCUT2D eigenvalue weighted by atomic mass is 16.6. The number of nitro benzene ring substituents is 1. The Morgan fingerprint density at radius 1 is 1.16 bits per heavy atom. The van der Waals surface area contributed by atoms with Crippen LogP contribution in [0.5, 0.6) is 0 Å². The molecule has 1 amide bonds. The number of anilines is 1. The van der Waals surface area contributed by atoms with Crippen molar-refractivity contribution in [2.45, 2.75) is 6.42 Å². The van der Waals surface area contributed by atoms with Crippen LogP contribution in [0.4, 0.5) is 11.4 Å². The van der Waals surface area contributed by atoms with Gasteiger partial charge in [-0.2, -0.15) is 0 Å². The van der Waals surface area contributed by atoms with E-state index in [1.165, 1.54) is 12.1 Å². The molecule has 2 aromatic rings. The van der Waals surface area contributed by atoms with Crippen molar-refractivity contribution >= 4 is 17.3 Å². The highest BCUT2D eigenvalue weighted by Crippen LogP contribution is 2.16. The summed E-state index contributed by atoms with van der Waals surface area (Å²) in [5, 5.41) is 13.3. The first kappa shape index (κ1) is 18.0. The number of amides is 1. The first-order valence-electron chi connectivity index (χ1n) is 7.72. The van der Waals surface area contributed by atoms with Gasteiger partial charge in [-0.25, -0.2) is 0 Å². The van der Waals surface area contributed by atoms with E-state index in [0.29, 0.717) is 5.56 Å². The molecule has 0 radical (unpaired) electrons. The lowest BCUT2D eigenvalue weighted by Gasteiger charge is -2.13. The van der Waals surface area contributed by atoms with Crippen molar-refractivity contribution in [2.75, 3.05) is 25.5 Å². The summed E-state index contributed by atoms with van der Waals surface area (Å²) < 4.78 is 0. The van der Waals surface area contributed by atoms with Gasteiger partial charge in [0.25, 0.3) is 5.69 Å². The Morgan fingerprint density at radius 3 is 2.48 bits per heavy atom. The third-order valence-corrected chi connectivity index (χ3v) is 3.49. The van der Waals surface area contributed by atoms with Gasteiger partial charge in [-0.3, -0.25) is 14.9 Å². The summed E-state index contributed by atoms with van der Waals surface area (Å²) in [7, 11) is 3.90. The smallest absolute Gasteiger partial charge is 0.269 e. The zero-order valence-electron chi connectivity index (χ0n) is 14.2. The van der Waals surface area contributed by atoms with Gasteiger partial charge in [-0.1, -0.05) is 36.1 Å². The standard InChI is InChI=1S/C19H19N3O3/c1-21(2)18-8-4-3-6-16(18)7-5-13-20-19(23)14-15-9-11-17(12-10-15)22(24)25/h3-4,6,8-12H,13-14H2,1-2H3,(H,20,23). The van der Waals surface area contributed by atoms with Crippen LogP contribution in [-0.2, 0) is 11.2 Å². The molecular weight excluding hydrogens is 318 g/mol. The van der Waals surface area contributed by atoms with Gasteiger partial charge in [-0.15, -0.1) is 0 Å². The van der Waals surface area contributed by atoms with Crippen LogP contribution in [0.25, 0.3) is 0 Å². The van der Waals surface area contributed by atoms with Crippen LogP contribution in [0.2, 0.25) is 0 Å². The summed E-state index contributed by atoms with van der Waals surface area (Å²) in [5.41, 5.74) is 2.65. The van der Waals surface area contributed by atoms with Crippen LogP contribution >= 0.6 is 0 Å². The predicted octanol–water partition coefficient (Wildman–Crippen LogP) is 2.37. The number of carbonyl (C=O) groups is 1. The number of carbonyl (C=O) groups excluding carboxylic acids is 1. The molecule has 0 atom stereocenters. The number of nitrogens with zero attached hydrogens (tertiary/aromatic N) is 2. The maximum absolute atomic E-state index is 11.9. The van der Waals surface area contributed by atoms with Gasteiger partial charge in [0.05, 0.1) is 23.6 Å². The largest absolute Gasteiger partial charge is 0.377 e. The van der Waals surface area contributed by atoms with Gasteiger partial charge in [0.2, 0.25) is 5.91 Å². The van der Waals surface area contributed by atoms with Crippen LogP contribution in [0.3, 0.4) is 0 Å². The molecule has 0 bridgehead atoms. The van der Waals surface area contributed by atoms with Gasteiger partial charge < -0.3 is 10.2 Å². The SMILES string of the molecule is CN(C)c1ccccc1C#CCNC(=O)Cc1ccc([N+](=O)[O-])cc1. The van der Waals surface area contributed by atoms with Crippen LogP contribution in [0.15, 0.2) is 48.5 Å². The summed E-state index contributed by atoms with van der Waals surface area (Å²) in [5.74, 6) is 5.82. The van der Waals surface area contributed by atoms with Gasteiger partial charge in [0.1, 0.15) is 0 Å². The summed E-state index contributed by atoms with van der Waals surface area (Å²) in [6.07, 6.45) is 0.161. The predicted molar refractivity (Wildman–Crippen MR) is 97.5 cm³/mol. The van der Waals surface area contributed by atoms with E-state index in [1.807, 2.05) is 43.3 Å². The highest BCUT2D eigenvalue weighted by Gasteiger charge is 2.06. The molecule has 0 aliphatic rings. The monoisotopic (exact) mass is 337 g/mol. The van der Waals surface area contributed by atoms with Gasteiger partial charge in [0.15, 0.2) is 0 Å². The summed E-state index contributed by atoms with van der Waals surface area (Å²) in [6, 6.07) is 13.7. The molecule has 0 unspecified atom stereocenters. The fourth-order valence-electron chi connectivity index (χ4n) is 2.23. The fourth-order valence-corrected chi connectivity index (χ4v) is 2.23. The molecule has 2 aromatic carbocycles. The van der Waals surface area contributed by atoms with Crippen molar-refractivity contribution in [3.05, 3.63) is 69.8 Å². The lowest BCUT2D eigenvalue weighted by molar-refractivity contribution is -0.384. The third kappa shape index (κ3) is 5.36.